The predicted molar refractivity (Wildman–Crippen MR) is 69.6 cm³/mol. The van der Waals surface area contributed by atoms with Crippen molar-refractivity contribution in [1.82, 2.24) is 14.5 Å². The Morgan fingerprint density at radius 1 is 1.47 bits per heavy atom. The van der Waals surface area contributed by atoms with Crippen molar-refractivity contribution in [3.8, 4) is 0 Å². The summed E-state index contributed by atoms with van der Waals surface area (Å²) >= 11 is 0. The first kappa shape index (κ1) is 14.0. The molecule has 0 saturated carbocycles. The van der Waals surface area contributed by atoms with Gasteiger partial charge in [0.15, 0.2) is 0 Å². The third kappa shape index (κ3) is 2.96. The quantitative estimate of drug-likeness (QED) is 0.773. The predicted octanol–water partition coefficient (Wildman–Crippen LogP) is 0.356. The first-order valence-corrected chi connectivity index (χ1v) is 6.43. The highest BCUT2D eigenvalue weighted by atomic mass is 16.5. The van der Waals surface area contributed by atoms with E-state index in [1.165, 1.54) is 5.69 Å². The molecule has 0 bridgehead atoms. The summed E-state index contributed by atoms with van der Waals surface area (Å²) in [4.78, 5) is 18.4. The molecule has 1 amide bonds. The lowest BCUT2D eigenvalue weighted by atomic mass is 10.0. The zero-order chi connectivity index (χ0) is 13.8. The molecule has 106 valence electrons. The lowest BCUT2D eigenvalue weighted by Gasteiger charge is -2.35. The highest BCUT2D eigenvalue weighted by Crippen LogP contribution is 2.23. The number of aryl methyl sites for hydroxylation is 1. The van der Waals surface area contributed by atoms with E-state index in [0.717, 1.165) is 12.1 Å². The highest BCUT2D eigenvalue weighted by Gasteiger charge is 2.31. The second kappa shape index (κ2) is 6.16. The second-order valence-electron chi connectivity index (χ2n) is 4.83. The Kier molecular flexibility index (Phi) is 4.55. The minimum Gasteiger partial charge on any atom is -0.384 e. The van der Waals surface area contributed by atoms with Gasteiger partial charge in [-0.1, -0.05) is 0 Å². The van der Waals surface area contributed by atoms with Crippen LogP contribution < -0.4 is 0 Å². The number of rotatable bonds is 5. The number of fused-ring (bicyclic) bond motifs is 1. The van der Waals surface area contributed by atoms with E-state index in [4.69, 9.17) is 9.47 Å². The number of carbonyl (C=O) groups excluding carboxylic acids is 1. The molecule has 1 aromatic heterocycles. The van der Waals surface area contributed by atoms with Crippen molar-refractivity contribution >= 4 is 5.91 Å². The van der Waals surface area contributed by atoms with E-state index in [0.29, 0.717) is 26.2 Å². The second-order valence-corrected chi connectivity index (χ2v) is 4.83. The molecule has 1 atom stereocenters. The largest absolute Gasteiger partial charge is 0.384 e. The molecule has 2 heterocycles. The fraction of sp³-hybridized carbons (Fsp3) is 0.692. The van der Waals surface area contributed by atoms with Crippen LogP contribution in [0.1, 0.15) is 17.8 Å². The zero-order valence-corrected chi connectivity index (χ0v) is 11.8. The Morgan fingerprint density at radius 3 is 2.95 bits per heavy atom. The number of imidazole rings is 1. The molecule has 1 unspecified atom stereocenters. The molecular formula is C13H21N3O3. The summed E-state index contributed by atoms with van der Waals surface area (Å²) in [5.74, 6) is 0.0974. The number of nitrogens with zero attached hydrogens (tertiary/aromatic N) is 3. The Balaban J connectivity index is 2.14. The number of methoxy groups -OCH3 is 2. The maximum atomic E-state index is 12.2. The normalized spacial score (nSPS) is 18.5. The van der Waals surface area contributed by atoms with Crippen LogP contribution in [-0.2, 0) is 34.3 Å². The van der Waals surface area contributed by atoms with Gasteiger partial charge in [0.05, 0.1) is 44.2 Å². The highest BCUT2D eigenvalue weighted by molar-refractivity contribution is 5.77. The van der Waals surface area contributed by atoms with Crippen molar-refractivity contribution in [2.24, 2.45) is 7.05 Å². The van der Waals surface area contributed by atoms with Crippen molar-refractivity contribution in [3.05, 3.63) is 17.7 Å². The first-order chi connectivity index (χ1) is 9.17. The summed E-state index contributed by atoms with van der Waals surface area (Å²) in [7, 11) is 5.25. The summed E-state index contributed by atoms with van der Waals surface area (Å²) in [6.45, 7) is 1.56. The minimum absolute atomic E-state index is 0.0808. The van der Waals surface area contributed by atoms with Crippen molar-refractivity contribution in [2.45, 2.75) is 25.4 Å². The Bertz CT molecular complexity index is 444. The molecule has 0 spiro atoms. The maximum absolute atomic E-state index is 12.2. The number of carbonyl (C=O) groups is 1. The summed E-state index contributed by atoms with van der Waals surface area (Å²) in [5, 5.41) is 0. The van der Waals surface area contributed by atoms with Gasteiger partial charge in [-0.2, -0.15) is 0 Å². The van der Waals surface area contributed by atoms with Crippen molar-refractivity contribution < 1.29 is 14.3 Å². The lowest BCUT2D eigenvalue weighted by molar-refractivity contribution is -0.137. The van der Waals surface area contributed by atoms with Crippen LogP contribution in [0.3, 0.4) is 0 Å². The fourth-order valence-electron chi connectivity index (χ4n) is 2.49. The van der Waals surface area contributed by atoms with E-state index in [9.17, 15) is 4.79 Å². The molecule has 0 fully saturated rings. The van der Waals surface area contributed by atoms with Gasteiger partial charge >= 0.3 is 0 Å². The van der Waals surface area contributed by atoms with Crippen LogP contribution in [0.2, 0.25) is 0 Å². The van der Waals surface area contributed by atoms with Crippen LogP contribution in [0, 0.1) is 0 Å². The number of hydrogen-bond acceptors (Lipinski definition) is 4. The molecule has 0 aliphatic carbocycles. The third-order valence-electron chi connectivity index (χ3n) is 3.53. The van der Waals surface area contributed by atoms with Crippen LogP contribution in [0.25, 0.3) is 0 Å². The van der Waals surface area contributed by atoms with Gasteiger partial charge in [0, 0.05) is 33.4 Å². The summed E-state index contributed by atoms with van der Waals surface area (Å²) in [6, 6.07) is 0.0808. The van der Waals surface area contributed by atoms with Gasteiger partial charge in [0.25, 0.3) is 0 Å². The van der Waals surface area contributed by atoms with E-state index in [1.807, 2.05) is 16.5 Å². The average Bonchev–Trinajstić information content (AvgIpc) is 2.77. The summed E-state index contributed by atoms with van der Waals surface area (Å²) < 4.78 is 12.2. The number of hydrogen-bond donors (Lipinski definition) is 0. The zero-order valence-electron chi connectivity index (χ0n) is 11.8. The molecule has 1 aliphatic heterocycles. The minimum atomic E-state index is 0.0808. The van der Waals surface area contributed by atoms with Gasteiger partial charge in [-0.05, 0) is 0 Å². The van der Waals surface area contributed by atoms with E-state index in [1.54, 1.807) is 20.5 Å². The average molecular weight is 267 g/mol. The van der Waals surface area contributed by atoms with Crippen molar-refractivity contribution in [3.63, 3.8) is 0 Å². The molecule has 1 aromatic rings. The van der Waals surface area contributed by atoms with Gasteiger partial charge in [-0.25, -0.2) is 4.98 Å². The van der Waals surface area contributed by atoms with Crippen LogP contribution in [0.5, 0.6) is 0 Å². The van der Waals surface area contributed by atoms with Gasteiger partial charge < -0.3 is 18.9 Å². The molecule has 0 radical (unpaired) electrons. The standard InChI is InChI=1S/C13H21N3O3/c1-15-9-14-11-7-16(13(17)4-5-18-2)10(8-19-3)6-12(11)15/h9-10H,4-8H2,1-3H3. The lowest BCUT2D eigenvalue weighted by Crippen LogP contribution is -2.47. The van der Waals surface area contributed by atoms with E-state index >= 15 is 0 Å². The molecule has 0 saturated heterocycles. The van der Waals surface area contributed by atoms with Crippen LogP contribution in [-0.4, -0.2) is 53.8 Å². The van der Waals surface area contributed by atoms with Gasteiger partial charge in [-0.15, -0.1) is 0 Å². The molecule has 6 heteroatoms. The molecule has 0 N–H and O–H groups in total. The molecule has 1 aliphatic rings. The van der Waals surface area contributed by atoms with Crippen LogP contribution in [0.15, 0.2) is 6.33 Å². The van der Waals surface area contributed by atoms with Gasteiger partial charge in [0.1, 0.15) is 0 Å². The first-order valence-electron chi connectivity index (χ1n) is 6.43. The molecule has 0 aromatic carbocycles. The van der Waals surface area contributed by atoms with E-state index in [2.05, 4.69) is 4.98 Å². The van der Waals surface area contributed by atoms with E-state index in [-0.39, 0.29) is 11.9 Å². The fourth-order valence-corrected chi connectivity index (χ4v) is 2.49. The number of aromatic nitrogens is 2. The Hall–Kier alpha value is -1.40. The topological polar surface area (TPSA) is 56.6 Å². The smallest absolute Gasteiger partial charge is 0.225 e. The Labute approximate surface area is 113 Å². The summed E-state index contributed by atoms with van der Waals surface area (Å²) in [5.41, 5.74) is 2.18. The van der Waals surface area contributed by atoms with Gasteiger partial charge in [-0.3, -0.25) is 4.79 Å². The van der Waals surface area contributed by atoms with Crippen LogP contribution >= 0.6 is 0 Å². The number of amides is 1. The SMILES string of the molecule is COCCC(=O)N1Cc2ncn(C)c2CC1COC. The monoisotopic (exact) mass is 267 g/mol. The number of ether oxygens (including phenoxy) is 2. The van der Waals surface area contributed by atoms with Crippen molar-refractivity contribution in [2.75, 3.05) is 27.4 Å². The maximum Gasteiger partial charge on any atom is 0.225 e. The Morgan fingerprint density at radius 2 is 2.26 bits per heavy atom. The molecule has 2 rings (SSSR count). The molecular weight excluding hydrogens is 246 g/mol. The molecule has 19 heavy (non-hydrogen) atoms. The third-order valence-corrected chi connectivity index (χ3v) is 3.53. The molecule has 6 nitrogen and oxygen atoms in total. The van der Waals surface area contributed by atoms with Crippen LogP contribution in [0.4, 0.5) is 0 Å². The van der Waals surface area contributed by atoms with E-state index < -0.39 is 0 Å². The van der Waals surface area contributed by atoms with Gasteiger partial charge in [0.2, 0.25) is 5.91 Å². The summed E-state index contributed by atoms with van der Waals surface area (Å²) in [6.07, 6.45) is 2.99. The van der Waals surface area contributed by atoms with Crippen molar-refractivity contribution in [1.29, 1.82) is 0 Å².